The minimum atomic E-state index is -0.947. The van der Waals surface area contributed by atoms with Gasteiger partial charge in [0.15, 0.2) is 5.78 Å². The Kier molecular flexibility index (Phi) is 22.7. The van der Waals surface area contributed by atoms with E-state index < -0.39 is 30.3 Å². The first-order valence-electron chi connectivity index (χ1n) is 15.8. The lowest BCUT2D eigenvalue weighted by Gasteiger charge is -2.19. The van der Waals surface area contributed by atoms with Gasteiger partial charge in [0.05, 0.1) is 72.5 Å². The molecule has 260 valence electrons. The van der Waals surface area contributed by atoms with Gasteiger partial charge in [-0.2, -0.15) is 0 Å². The molecule has 4 amide bonds. The van der Waals surface area contributed by atoms with Gasteiger partial charge in [-0.25, -0.2) is 0 Å². The van der Waals surface area contributed by atoms with Gasteiger partial charge in [0.2, 0.25) is 23.6 Å². The van der Waals surface area contributed by atoms with Gasteiger partial charge in [-0.3, -0.25) is 24.0 Å². The zero-order valence-corrected chi connectivity index (χ0v) is 27.7. The molecule has 14 nitrogen and oxygen atoms in total. The first-order chi connectivity index (χ1) is 22.1. The Bertz CT molecular complexity index is 1020. The number of ether oxygens (including phenoxy) is 4. The number of rotatable bonds is 27. The highest BCUT2D eigenvalue weighted by atomic mass is 16.6. The summed E-state index contributed by atoms with van der Waals surface area (Å²) in [6.07, 6.45) is 0.257. The smallest absolute Gasteiger partial charge is 0.243 e. The van der Waals surface area contributed by atoms with Gasteiger partial charge in [-0.1, -0.05) is 58.0 Å². The van der Waals surface area contributed by atoms with Crippen molar-refractivity contribution in [1.82, 2.24) is 26.6 Å². The molecule has 0 fully saturated rings. The SMILES string of the molecule is CC(C)NCCOCCOCCOCCOCCC(=O)NCC(=O)NCC(=O)N[C@@H](Cc1ccccc1)C(=O)NCC(=O)C(C)C. The van der Waals surface area contributed by atoms with Crippen LogP contribution < -0.4 is 26.6 Å². The molecule has 0 heterocycles. The minimum absolute atomic E-state index is 0.0547. The highest BCUT2D eigenvalue weighted by Crippen LogP contribution is 2.04. The van der Waals surface area contributed by atoms with E-state index in [0.717, 1.165) is 12.1 Å². The molecule has 1 atom stereocenters. The molecule has 46 heavy (non-hydrogen) atoms. The molecule has 14 heteroatoms. The van der Waals surface area contributed by atoms with E-state index in [4.69, 9.17) is 18.9 Å². The number of ketones is 1. The van der Waals surface area contributed by atoms with Crippen LogP contribution in [0.25, 0.3) is 0 Å². The molecule has 0 spiro atoms. The Morgan fingerprint density at radius 1 is 0.630 bits per heavy atom. The molecule has 1 aromatic carbocycles. The Morgan fingerprint density at radius 3 is 1.76 bits per heavy atom. The lowest BCUT2D eigenvalue weighted by Crippen LogP contribution is -2.52. The molecule has 1 aromatic rings. The van der Waals surface area contributed by atoms with E-state index in [-0.39, 0.29) is 50.1 Å². The fourth-order valence-electron chi connectivity index (χ4n) is 3.66. The zero-order valence-electron chi connectivity index (χ0n) is 27.7. The fourth-order valence-corrected chi connectivity index (χ4v) is 3.66. The van der Waals surface area contributed by atoms with Gasteiger partial charge in [0.1, 0.15) is 6.04 Å². The third-order valence-corrected chi connectivity index (χ3v) is 6.30. The third-order valence-electron chi connectivity index (χ3n) is 6.30. The van der Waals surface area contributed by atoms with E-state index in [1.54, 1.807) is 13.8 Å². The highest BCUT2D eigenvalue weighted by Gasteiger charge is 2.22. The average Bonchev–Trinajstić information content (AvgIpc) is 3.03. The topological polar surface area (TPSA) is 182 Å². The third kappa shape index (κ3) is 22.1. The number of benzene rings is 1. The van der Waals surface area contributed by atoms with Crippen molar-refractivity contribution in [2.24, 2.45) is 5.92 Å². The van der Waals surface area contributed by atoms with Crippen LogP contribution in [0.5, 0.6) is 0 Å². The van der Waals surface area contributed by atoms with E-state index in [9.17, 15) is 24.0 Å². The number of hydrogen-bond acceptors (Lipinski definition) is 10. The van der Waals surface area contributed by atoms with Crippen molar-refractivity contribution in [2.75, 3.05) is 79.0 Å². The summed E-state index contributed by atoms with van der Waals surface area (Å²) >= 11 is 0. The Morgan fingerprint density at radius 2 is 1.17 bits per heavy atom. The standard InChI is InChI=1S/C32H53N5O9/c1-24(2)28(38)21-36-32(42)27(20-26-8-6-5-7-9-26)37-31(41)23-35-30(40)22-34-29(39)10-12-43-14-16-45-18-19-46-17-15-44-13-11-33-25(3)4/h5-9,24-25,27,33H,10-23H2,1-4H3,(H,34,39)(H,35,40)(H,36,42)(H,37,41)/t27-/m0/s1. The molecule has 0 aromatic heterocycles. The summed E-state index contributed by atoms with van der Waals surface area (Å²) in [5.41, 5.74) is 0.814. The van der Waals surface area contributed by atoms with E-state index in [1.165, 1.54) is 0 Å². The summed E-state index contributed by atoms with van der Waals surface area (Å²) in [7, 11) is 0. The monoisotopic (exact) mass is 651 g/mol. The van der Waals surface area contributed by atoms with Gasteiger partial charge < -0.3 is 45.5 Å². The summed E-state index contributed by atoms with van der Waals surface area (Å²) in [5, 5.41) is 13.3. The van der Waals surface area contributed by atoms with Crippen LogP contribution in [0.15, 0.2) is 30.3 Å². The van der Waals surface area contributed by atoms with Crippen molar-refractivity contribution in [3.8, 4) is 0 Å². The van der Waals surface area contributed by atoms with Crippen LogP contribution in [0.4, 0.5) is 0 Å². The summed E-state index contributed by atoms with van der Waals surface area (Å²) in [6.45, 7) is 11.0. The Labute approximate surface area is 272 Å². The predicted octanol–water partition coefficient (Wildman–Crippen LogP) is -0.258. The van der Waals surface area contributed by atoms with Crippen LogP contribution in [0.1, 0.15) is 39.7 Å². The van der Waals surface area contributed by atoms with Gasteiger partial charge in [0.25, 0.3) is 0 Å². The average molecular weight is 652 g/mol. The predicted molar refractivity (Wildman–Crippen MR) is 172 cm³/mol. The maximum absolute atomic E-state index is 12.7. The molecule has 0 aliphatic heterocycles. The zero-order chi connectivity index (χ0) is 34.0. The number of Topliss-reactive ketones (excluding diaryl/α,β-unsaturated/α-hetero) is 1. The van der Waals surface area contributed by atoms with Crippen LogP contribution in [0, 0.1) is 5.92 Å². The summed E-state index contributed by atoms with van der Waals surface area (Å²) in [5.74, 6) is -2.41. The molecule has 0 saturated carbocycles. The van der Waals surface area contributed by atoms with Gasteiger partial charge in [-0.05, 0) is 5.56 Å². The highest BCUT2D eigenvalue weighted by molar-refractivity contribution is 5.93. The summed E-state index contributed by atoms with van der Waals surface area (Å²) in [4.78, 5) is 61.3. The van der Waals surface area contributed by atoms with Crippen molar-refractivity contribution in [2.45, 2.75) is 52.6 Å². The molecule has 0 radical (unpaired) electrons. The van der Waals surface area contributed by atoms with Crippen molar-refractivity contribution in [3.63, 3.8) is 0 Å². The van der Waals surface area contributed by atoms with Crippen LogP contribution in [0.3, 0.4) is 0 Å². The maximum Gasteiger partial charge on any atom is 0.243 e. The van der Waals surface area contributed by atoms with E-state index in [0.29, 0.717) is 52.3 Å². The molecule has 0 bridgehead atoms. The van der Waals surface area contributed by atoms with E-state index in [2.05, 4.69) is 40.4 Å². The molecule has 0 unspecified atom stereocenters. The van der Waals surface area contributed by atoms with Crippen molar-refractivity contribution < 1.29 is 42.9 Å². The Hall–Kier alpha value is -3.43. The molecule has 0 saturated heterocycles. The summed E-state index contributed by atoms with van der Waals surface area (Å²) in [6, 6.07) is 8.59. The minimum Gasteiger partial charge on any atom is -0.379 e. The molecule has 0 aliphatic carbocycles. The molecular formula is C32H53N5O9. The normalized spacial score (nSPS) is 11.7. The van der Waals surface area contributed by atoms with Crippen molar-refractivity contribution in [3.05, 3.63) is 35.9 Å². The van der Waals surface area contributed by atoms with Crippen LogP contribution in [-0.4, -0.2) is 121 Å². The quantitative estimate of drug-likeness (QED) is 0.0795. The molecular weight excluding hydrogens is 598 g/mol. The van der Waals surface area contributed by atoms with Crippen molar-refractivity contribution >= 4 is 29.4 Å². The number of hydrogen-bond donors (Lipinski definition) is 5. The molecule has 0 aliphatic rings. The molecule has 5 N–H and O–H groups in total. The van der Waals surface area contributed by atoms with Crippen LogP contribution in [0.2, 0.25) is 0 Å². The lowest BCUT2D eigenvalue weighted by molar-refractivity contribution is -0.131. The van der Waals surface area contributed by atoms with E-state index >= 15 is 0 Å². The largest absolute Gasteiger partial charge is 0.379 e. The van der Waals surface area contributed by atoms with Crippen LogP contribution >= 0.6 is 0 Å². The summed E-state index contributed by atoms with van der Waals surface area (Å²) < 4.78 is 21.6. The first-order valence-corrected chi connectivity index (χ1v) is 15.8. The lowest BCUT2D eigenvalue weighted by atomic mass is 10.0. The number of carbonyl (C=O) groups is 5. The Balaban J connectivity index is 2.15. The second-order valence-electron chi connectivity index (χ2n) is 11.0. The first kappa shape index (κ1) is 40.6. The molecule has 1 rings (SSSR count). The van der Waals surface area contributed by atoms with Crippen molar-refractivity contribution in [1.29, 1.82) is 0 Å². The number of amides is 4. The van der Waals surface area contributed by atoms with Gasteiger partial charge in [0, 0.05) is 31.3 Å². The number of carbonyl (C=O) groups excluding carboxylic acids is 5. The van der Waals surface area contributed by atoms with Gasteiger partial charge in [-0.15, -0.1) is 0 Å². The van der Waals surface area contributed by atoms with Gasteiger partial charge >= 0.3 is 0 Å². The fraction of sp³-hybridized carbons (Fsp3) is 0.656. The second kappa shape index (κ2) is 25.7. The van der Waals surface area contributed by atoms with Crippen LogP contribution in [-0.2, 0) is 49.3 Å². The second-order valence-corrected chi connectivity index (χ2v) is 11.0. The number of nitrogens with one attached hydrogen (secondary N) is 5. The van der Waals surface area contributed by atoms with E-state index in [1.807, 2.05) is 30.3 Å². The maximum atomic E-state index is 12.7.